The van der Waals surface area contributed by atoms with Gasteiger partial charge >= 0.3 is 5.97 Å². The Bertz CT molecular complexity index is 1150. The van der Waals surface area contributed by atoms with Crippen LogP contribution in [-0.2, 0) is 16.0 Å². The Morgan fingerprint density at radius 2 is 1.71 bits per heavy atom. The molecule has 0 heterocycles. The zero-order valence-corrected chi connectivity index (χ0v) is 23.1. The van der Waals surface area contributed by atoms with Crippen molar-refractivity contribution in [3.05, 3.63) is 68.8 Å². The van der Waals surface area contributed by atoms with E-state index in [0.29, 0.717) is 11.6 Å². The van der Waals surface area contributed by atoms with Crippen molar-refractivity contribution in [2.24, 2.45) is 0 Å². The maximum Gasteiger partial charge on any atom is 0.309 e. The second-order valence-corrected chi connectivity index (χ2v) is 10.3. The fourth-order valence-corrected chi connectivity index (χ4v) is 4.39. The Balaban J connectivity index is 0.000000540. The van der Waals surface area contributed by atoms with Crippen LogP contribution in [0.25, 0.3) is 10.8 Å². The van der Waals surface area contributed by atoms with E-state index in [9.17, 15) is 14.7 Å². The Morgan fingerprint density at radius 1 is 1.03 bits per heavy atom. The molecule has 35 heavy (non-hydrogen) atoms. The molecule has 3 rings (SSSR count). The first-order valence-corrected chi connectivity index (χ1v) is 12.8. The predicted octanol–water partition coefficient (Wildman–Crippen LogP) is 5.30. The van der Waals surface area contributed by atoms with Gasteiger partial charge in [0.25, 0.3) is 0 Å². The number of aryl methyl sites for hydroxylation is 1. The molecule has 6 nitrogen and oxygen atoms in total. The van der Waals surface area contributed by atoms with Crippen molar-refractivity contribution in [3.63, 3.8) is 0 Å². The maximum absolute atomic E-state index is 9.39. The lowest BCUT2D eigenvalue weighted by atomic mass is 10.0. The largest absolute Gasteiger partial charge is 0.550 e. The number of benzene rings is 3. The Hall–Kier alpha value is -2.36. The van der Waals surface area contributed by atoms with Crippen LogP contribution in [0.2, 0.25) is 5.02 Å². The van der Waals surface area contributed by atoms with Crippen molar-refractivity contribution in [1.29, 1.82) is 0 Å². The molecule has 0 radical (unpaired) electrons. The van der Waals surface area contributed by atoms with Crippen LogP contribution in [0.15, 0.2) is 54.6 Å². The molecular weight excluding hydrogens is 581 g/mol. The summed E-state index contributed by atoms with van der Waals surface area (Å²) >= 11 is 8.74. The van der Waals surface area contributed by atoms with Gasteiger partial charge in [0.1, 0.15) is 11.4 Å². The Labute approximate surface area is 225 Å². The minimum atomic E-state index is -1.56. The number of nitrogens with zero attached hydrogens (tertiary/aromatic N) is 1. The zero-order valence-electron chi connectivity index (χ0n) is 20.2. The third-order valence-corrected chi connectivity index (χ3v) is 6.48. The molecule has 0 bridgehead atoms. The quantitative estimate of drug-likeness (QED) is 0.146. The Morgan fingerprint density at radius 3 is 2.31 bits per heavy atom. The van der Waals surface area contributed by atoms with E-state index in [-0.39, 0.29) is 0 Å². The molecule has 3 aromatic rings. The van der Waals surface area contributed by atoms with Crippen LogP contribution in [0.1, 0.15) is 31.7 Å². The number of hydrogen-bond acceptors (Lipinski definition) is 4. The summed E-state index contributed by atoms with van der Waals surface area (Å²) in [7, 11) is 4.48. The van der Waals surface area contributed by atoms with Crippen molar-refractivity contribution < 1.29 is 24.5 Å². The van der Waals surface area contributed by atoms with Crippen molar-refractivity contribution in [1.82, 2.24) is 4.48 Å². The van der Waals surface area contributed by atoms with E-state index >= 15 is 0 Å². The average molecular weight is 612 g/mol. The SMILES string of the molecule is CCOc1ccc([N+](C)(C)CCCCc2ccc3cc(I)ccc3c2)cc1Cl.O=C([O-])CC(=O)O. The van der Waals surface area contributed by atoms with E-state index in [1.54, 1.807) is 0 Å². The van der Waals surface area contributed by atoms with E-state index in [4.69, 9.17) is 21.4 Å². The summed E-state index contributed by atoms with van der Waals surface area (Å²) in [6.07, 6.45) is 2.55. The number of rotatable bonds is 10. The van der Waals surface area contributed by atoms with Crippen LogP contribution < -0.4 is 14.3 Å². The van der Waals surface area contributed by atoms with Crippen molar-refractivity contribution in [2.45, 2.75) is 32.6 Å². The van der Waals surface area contributed by atoms with Gasteiger partial charge in [-0.15, -0.1) is 0 Å². The Kier molecular flexibility index (Phi) is 11.3. The number of ether oxygens (including phenoxy) is 1. The molecule has 0 aliphatic heterocycles. The zero-order chi connectivity index (χ0) is 26.0. The lowest BCUT2D eigenvalue weighted by molar-refractivity contribution is -0.305. The minimum absolute atomic E-state index is 0.630. The standard InChI is InChI=1S/C24H28ClINO.C3H4O4/c1-4-28-24-13-12-22(17-23(24)25)27(2,3)14-6-5-7-18-8-9-20-16-21(26)11-10-19(20)15-18;4-2(5)1-3(6)7/h8-13,15-17H,4-7,14H2,1-3H3;1H2,(H,4,5)(H,6,7)/q+1;/p-1. The number of unbranched alkanes of at least 4 members (excludes halogenated alkanes) is 1. The molecule has 188 valence electrons. The summed E-state index contributed by atoms with van der Waals surface area (Å²) in [5.41, 5.74) is 2.64. The maximum atomic E-state index is 9.39. The predicted molar refractivity (Wildman–Crippen MR) is 148 cm³/mol. The van der Waals surface area contributed by atoms with Crippen LogP contribution in [0.3, 0.4) is 0 Å². The molecule has 0 amide bonds. The van der Waals surface area contributed by atoms with Gasteiger partial charge < -0.3 is 19.7 Å². The monoisotopic (exact) mass is 611 g/mol. The van der Waals surface area contributed by atoms with Gasteiger partial charge in [0.2, 0.25) is 0 Å². The fourth-order valence-electron chi connectivity index (χ4n) is 3.65. The number of carboxylic acids is 2. The molecule has 0 unspecified atom stereocenters. The van der Waals surface area contributed by atoms with Gasteiger partial charge in [-0.05, 0) is 83.3 Å². The van der Waals surface area contributed by atoms with Crippen LogP contribution in [0.5, 0.6) is 5.75 Å². The third kappa shape index (κ3) is 9.66. The van der Waals surface area contributed by atoms with Crippen LogP contribution in [0.4, 0.5) is 5.69 Å². The number of carbonyl (C=O) groups is 2. The summed E-state index contributed by atoms with van der Waals surface area (Å²) in [6, 6.07) is 19.6. The highest BCUT2D eigenvalue weighted by Crippen LogP contribution is 2.31. The number of hydrogen-bond donors (Lipinski definition) is 1. The number of halogens is 2. The first kappa shape index (κ1) is 28.9. The van der Waals surface area contributed by atoms with Gasteiger partial charge in [-0.1, -0.05) is 35.9 Å². The van der Waals surface area contributed by atoms with Crippen molar-refractivity contribution in [2.75, 3.05) is 27.2 Å². The average Bonchev–Trinajstić information content (AvgIpc) is 2.77. The van der Waals surface area contributed by atoms with E-state index in [1.807, 2.05) is 19.1 Å². The highest BCUT2D eigenvalue weighted by Gasteiger charge is 2.20. The van der Waals surface area contributed by atoms with Crippen LogP contribution in [0, 0.1) is 3.57 Å². The minimum Gasteiger partial charge on any atom is -0.550 e. The van der Waals surface area contributed by atoms with Gasteiger partial charge in [-0.25, -0.2) is 0 Å². The topological polar surface area (TPSA) is 86.7 Å². The smallest absolute Gasteiger partial charge is 0.309 e. The number of aliphatic carboxylic acids is 2. The summed E-state index contributed by atoms with van der Waals surface area (Å²) in [5, 5.41) is 20.3. The summed E-state index contributed by atoms with van der Waals surface area (Å²) < 4.78 is 7.66. The lowest BCUT2D eigenvalue weighted by Crippen LogP contribution is -2.41. The first-order chi connectivity index (χ1) is 16.5. The number of fused-ring (bicyclic) bond motifs is 1. The summed E-state index contributed by atoms with van der Waals surface area (Å²) in [6.45, 7) is 3.68. The molecule has 0 spiro atoms. The molecule has 0 saturated heterocycles. The normalized spacial score (nSPS) is 11.0. The lowest BCUT2D eigenvalue weighted by Gasteiger charge is -2.29. The molecule has 0 aliphatic carbocycles. The highest BCUT2D eigenvalue weighted by molar-refractivity contribution is 14.1. The fraction of sp³-hybridized carbons (Fsp3) is 0.333. The molecule has 8 heteroatoms. The summed E-state index contributed by atoms with van der Waals surface area (Å²) in [4.78, 5) is 18.7. The molecule has 0 aromatic heterocycles. The van der Waals surface area contributed by atoms with Gasteiger partial charge in [0, 0.05) is 15.7 Å². The van der Waals surface area contributed by atoms with Crippen LogP contribution in [-0.4, -0.2) is 44.3 Å². The molecule has 3 aromatic carbocycles. The second kappa shape index (κ2) is 13.7. The molecule has 0 saturated carbocycles. The van der Waals surface area contributed by atoms with E-state index in [1.165, 1.54) is 38.4 Å². The second-order valence-electron chi connectivity index (χ2n) is 8.68. The molecule has 0 fully saturated rings. The van der Waals surface area contributed by atoms with Crippen molar-refractivity contribution >= 4 is 62.6 Å². The number of quaternary nitrogens is 1. The third-order valence-electron chi connectivity index (χ3n) is 5.51. The van der Waals surface area contributed by atoms with Crippen molar-refractivity contribution in [3.8, 4) is 5.75 Å². The van der Waals surface area contributed by atoms with Gasteiger partial charge in [-0.3, -0.25) is 9.28 Å². The van der Waals surface area contributed by atoms with Crippen LogP contribution >= 0.6 is 34.2 Å². The molecule has 0 aliphatic rings. The summed E-state index contributed by atoms with van der Waals surface area (Å²) in [5.74, 6) is -2.17. The molecule has 1 N–H and O–H groups in total. The molecule has 0 atom stereocenters. The highest BCUT2D eigenvalue weighted by atomic mass is 127. The first-order valence-electron chi connectivity index (χ1n) is 11.4. The van der Waals surface area contributed by atoms with E-state index < -0.39 is 18.4 Å². The number of carboxylic acid groups (broad SMARTS) is 2. The van der Waals surface area contributed by atoms with E-state index in [0.717, 1.165) is 23.2 Å². The van der Waals surface area contributed by atoms with Gasteiger partial charge in [0.15, 0.2) is 0 Å². The van der Waals surface area contributed by atoms with Gasteiger partial charge in [0.05, 0.1) is 44.7 Å². The van der Waals surface area contributed by atoms with E-state index in [2.05, 4.69) is 79.2 Å². The molecular formula is C27H31ClINO5. The number of carbonyl (C=O) groups excluding carboxylic acids is 1. The van der Waals surface area contributed by atoms with Gasteiger partial charge in [-0.2, -0.15) is 0 Å².